The first-order valence-corrected chi connectivity index (χ1v) is 9.40. The fourth-order valence-electron chi connectivity index (χ4n) is 3.03. The summed E-state index contributed by atoms with van der Waals surface area (Å²) in [5.41, 5.74) is 1.41. The van der Waals surface area contributed by atoms with E-state index in [1.54, 1.807) is 19.1 Å². The molecule has 0 bridgehead atoms. The van der Waals surface area contributed by atoms with Crippen LogP contribution in [0.2, 0.25) is 0 Å². The van der Waals surface area contributed by atoms with Gasteiger partial charge in [0.05, 0.1) is 17.6 Å². The largest absolute Gasteiger partial charge is 0.319 e. The van der Waals surface area contributed by atoms with Gasteiger partial charge in [0.15, 0.2) is 0 Å². The predicted octanol–water partition coefficient (Wildman–Crippen LogP) is 2.93. The number of nitrogens with one attached hydrogen (secondary N) is 1. The molecule has 0 fully saturated rings. The van der Waals surface area contributed by atoms with E-state index < -0.39 is 27.6 Å². The highest BCUT2D eigenvalue weighted by Crippen LogP contribution is 2.34. The van der Waals surface area contributed by atoms with Crippen LogP contribution in [0.25, 0.3) is 0 Å². The number of rotatable bonds is 3. The molecule has 1 N–H and O–H groups in total. The van der Waals surface area contributed by atoms with Crippen molar-refractivity contribution in [2.75, 3.05) is 15.9 Å². The molecule has 3 rings (SSSR count). The van der Waals surface area contributed by atoms with E-state index in [1.807, 2.05) is 0 Å². The molecule has 1 aliphatic rings. The first-order valence-electron chi connectivity index (χ1n) is 7.55. The van der Waals surface area contributed by atoms with E-state index in [4.69, 9.17) is 0 Å². The number of amides is 1. The second-order valence-corrected chi connectivity index (χ2v) is 7.89. The number of nitrogens with zero attached hydrogens (tertiary/aromatic N) is 1. The van der Waals surface area contributed by atoms with Gasteiger partial charge in [-0.25, -0.2) is 17.2 Å². The number of sulfonamides is 1. The lowest BCUT2D eigenvalue weighted by atomic mass is 10.1. The molecular weight excluding hydrogens is 350 g/mol. The minimum absolute atomic E-state index is 0.127. The molecule has 0 radical (unpaired) electrons. The highest BCUT2D eigenvalue weighted by molar-refractivity contribution is 7.92. The van der Waals surface area contributed by atoms with E-state index in [2.05, 4.69) is 5.32 Å². The Morgan fingerprint density at radius 2 is 1.92 bits per heavy atom. The second kappa shape index (κ2) is 6.11. The van der Waals surface area contributed by atoms with Gasteiger partial charge in [0.2, 0.25) is 10.0 Å². The Bertz CT molecular complexity index is 960. The third-order valence-electron chi connectivity index (χ3n) is 4.03. The minimum atomic E-state index is -3.41. The van der Waals surface area contributed by atoms with Crippen LogP contribution in [0.5, 0.6) is 0 Å². The van der Waals surface area contributed by atoms with E-state index in [0.29, 0.717) is 18.2 Å². The zero-order valence-corrected chi connectivity index (χ0v) is 14.4. The summed E-state index contributed by atoms with van der Waals surface area (Å²) in [5, 5.41) is 2.39. The molecule has 25 heavy (non-hydrogen) atoms. The summed E-state index contributed by atoms with van der Waals surface area (Å²) >= 11 is 0. The van der Waals surface area contributed by atoms with Gasteiger partial charge in [-0.05, 0) is 49.2 Å². The number of carbonyl (C=O) groups excluding carboxylic acids is 1. The standard InChI is InChI=1S/C17H16F2N2O3S/c1-10-7-12-8-11(3-6-16(12)21(10)25(2,23)24)17(22)20-15-5-4-13(18)9-14(15)19/h3-6,8-10H,7H2,1-2H3,(H,20,22)/t10-/m0/s1. The smallest absolute Gasteiger partial charge is 0.255 e. The Balaban J connectivity index is 1.88. The van der Waals surface area contributed by atoms with Crippen LogP contribution in [0, 0.1) is 11.6 Å². The topological polar surface area (TPSA) is 66.5 Å². The van der Waals surface area contributed by atoms with Crippen LogP contribution in [-0.2, 0) is 16.4 Å². The van der Waals surface area contributed by atoms with Gasteiger partial charge in [0.1, 0.15) is 11.6 Å². The van der Waals surface area contributed by atoms with Crippen LogP contribution < -0.4 is 9.62 Å². The van der Waals surface area contributed by atoms with E-state index in [0.717, 1.165) is 24.0 Å². The van der Waals surface area contributed by atoms with Crippen molar-refractivity contribution in [2.45, 2.75) is 19.4 Å². The van der Waals surface area contributed by atoms with Gasteiger partial charge in [0.25, 0.3) is 5.91 Å². The third-order valence-corrected chi connectivity index (χ3v) is 5.30. The summed E-state index contributed by atoms with van der Waals surface area (Å²) < 4.78 is 51.7. The summed E-state index contributed by atoms with van der Waals surface area (Å²) in [6, 6.07) is 7.27. The molecule has 2 aromatic carbocycles. The summed E-state index contributed by atoms with van der Waals surface area (Å²) in [5.74, 6) is -2.16. The first kappa shape index (κ1) is 17.3. The molecule has 0 saturated carbocycles. The zero-order chi connectivity index (χ0) is 18.4. The lowest BCUT2D eigenvalue weighted by Gasteiger charge is -2.21. The maximum absolute atomic E-state index is 13.7. The maximum atomic E-state index is 13.7. The normalized spacial score (nSPS) is 16.6. The van der Waals surface area contributed by atoms with Crippen molar-refractivity contribution in [3.63, 3.8) is 0 Å². The Labute approximate surface area is 144 Å². The van der Waals surface area contributed by atoms with Crippen LogP contribution in [0.4, 0.5) is 20.2 Å². The second-order valence-electron chi connectivity index (χ2n) is 6.03. The highest BCUT2D eigenvalue weighted by Gasteiger charge is 2.32. The number of benzene rings is 2. The molecule has 132 valence electrons. The molecule has 1 atom stereocenters. The van der Waals surface area contributed by atoms with E-state index in [1.165, 1.54) is 10.4 Å². The first-order chi connectivity index (χ1) is 11.7. The number of anilines is 2. The van der Waals surface area contributed by atoms with Crippen molar-refractivity contribution in [1.29, 1.82) is 0 Å². The lowest BCUT2D eigenvalue weighted by Crippen LogP contribution is -2.34. The molecule has 1 heterocycles. The summed E-state index contributed by atoms with van der Waals surface area (Å²) in [7, 11) is -3.41. The van der Waals surface area contributed by atoms with Gasteiger partial charge in [0, 0.05) is 17.7 Å². The fourth-order valence-corrected chi connectivity index (χ4v) is 4.30. The molecule has 0 aliphatic carbocycles. The molecule has 0 aromatic heterocycles. The monoisotopic (exact) mass is 366 g/mol. The number of halogens is 2. The van der Waals surface area contributed by atoms with Crippen LogP contribution in [0.3, 0.4) is 0 Å². The number of hydrogen-bond donors (Lipinski definition) is 1. The third kappa shape index (κ3) is 3.34. The summed E-state index contributed by atoms with van der Waals surface area (Å²) in [6.07, 6.45) is 1.62. The van der Waals surface area contributed by atoms with Crippen LogP contribution in [0.15, 0.2) is 36.4 Å². The maximum Gasteiger partial charge on any atom is 0.255 e. The van der Waals surface area contributed by atoms with Crippen molar-refractivity contribution in [3.05, 3.63) is 59.2 Å². The van der Waals surface area contributed by atoms with Gasteiger partial charge >= 0.3 is 0 Å². The van der Waals surface area contributed by atoms with Crippen LogP contribution in [-0.4, -0.2) is 26.6 Å². The van der Waals surface area contributed by atoms with Crippen molar-refractivity contribution in [3.8, 4) is 0 Å². The summed E-state index contributed by atoms with van der Waals surface area (Å²) in [4.78, 5) is 12.3. The molecule has 0 unspecified atom stereocenters. The molecule has 1 aliphatic heterocycles. The lowest BCUT2D eigenvalue weighted by molar-refractivity contribution is 0.102. The molecule has 2 aromatic rings. The van der Waals surface area contributed by atoms with E-state index in [-0.39, 0.29) is 17.3 Å². The zero-order valence-electron chi connectivity index (χ0n) is 13.6. The Morgan fingerprint density at radius 3 is 2.56 bits per heavy atom. The van der Waals surface area contributed by atoms with Crippen molar-refractivity contribution in [2.24, 2.45) is 0 Å². The van der Waals surface area contributed by atoms with Crippen molar-refractivity contribution in [1.82, 2.24) is 0 Å². The Kier molecular flexibility index (Phi) is 4.24. The van der Waals surface area contributed by atoms with Gasteiger partial charge in [-0.3, -0.25) is 9.10 Å². The number of carbonyl (C=O) groups is 1. The van der Waals surface area contributed by atoms with E-state index >= 15 is 0 Å². The number of hydrogen-bond acceptors (Lipinski definition) is 3. The molecule has 8 heteroatoms. The average molecular weight is 366 g/mol. The Hall–Kier alpha value is -2.48. The quantitative estimate of drug-likeness (QED) is 0.908. The highest BCUT2D eigenvalue weighted by atomic mass is 32.2. The van der Waals surface area contributed by atoms with Gasteiger partial charge in [-0.1, -0.05) is 0 Å². The molecule has 5 nitrogen and oxygen atoms in total. The van der Waals surface area contributed by atoms with Crippen molar-refractivity contribution < 1.29 is 22.0 Å². The average Bonchev–Trinajstić information content (AvgIpc) is 2.84. The molecule has 0 spiro atoms. The van der Waals surface area contributed by atoms with Crippen LogP contribution >= 0.6 is 0 Å². The molecule has 1 amide bonds. The van der Waals surface area contributed by atoms with Gasteiger partial charge < -0.3 is 5.32 Å². The van der Waals surface area contributed by atoms with Gasteiger partial charge in [-0.15, -0.1) is 0 Å². The van der Waals surface area contributed by atoms with Crippen LogP contribution in [0.1, 0.15) is 22.8 Å². The summed E-state index contributed by atoms with van der Waals surface area (Å²) in [6.45, 7) is 1.79. The van der Waals surface area contributed by atoms with Crippen molar-refractivity contribution >= 4 is 27.3 Å². The minimum Gasteiger partial charge on any atom is -0.319 e. The Morgan fingerprint density at radius 1 is 1.20 bits per heavy atom. The number of fused-ring (bicyclic) bond motifs is 1. The van der Waals surface area contributed by atoms with E-state index in [9.17, 15) is 22.0 Å². The molecular formula is C17H16F2N2O3S. The predicted molar refractivity (Wildman–Crippen MR) is 91.2 cm³/mol. The fraction of sp³-hybridized carbons (Fsp3) is 0.235. The van der Waals surface area contributed by atoms with Gasteiger partial charge in [-0.2, -0.15) is 0 Å². The SMILES string of the molecule is C[C@H]1Cc2cc(C(=O)Nc3ccc(F)cc3F)ccc2N1S(C)(=O)=O. The molecule has 0 saturated heterocycles.